The number of carbonyl (C=O) groups is 1. The summed E-state index contributed by atoms with van der Waals surface area (Å²) < 4.78 is 0. The molecule has 3 rings (SSSR count). The van der Waals surface area contributed by atoms with Crippen molar-refractivity contribution in [3.8, 4) is 0 Å². The lowest BCUT2D eigenvalue weighted by atomic mass is 9.89. The number of ketones is 1. The van der Waals surface area contributed by atoms with Gasteiger partial charge in [-0.3, -0.25) is 4.79 Å². The molecule has 1 atom stereocenters. The Morgan fingerprint density at radius 2 is 1.45 bits per heavy atom. The van der Waals surface area contributed by atoms with Crippen molar-refractivity contribution in [3.05, 3.63) is 83.9 Å². The Morgan fingerprint density at radius 3 is 2.25 bits per heavy atom. The van der Waals surface area contributed by atoms with E-state index in [4.69, 9.17) is 0 Å². The third-order valence-electron chi connectivity index (χ3n) is 3.74. The first-order valence-corrected chi connectivity index (χ1v) is 6.84. The third-order valence-corrected chi connectivity index (χ3v) is 3.74. The normalized spacial score (nSPS) is 12.2. The molecule has 0 aliphatic rings. The highest BCUT2D eigenvalue weighted by Crippen LogP contribution is 2.27. The second-order valence-corrected chi connectivity index (χ2v) is 5.02. The molecule has 0 aromatic heterocycles. The Morgan fingerprint density at radius 1 is 0.800 bits per heavy atom. The van der Waals surface area contributed by atoms with E-state index in [-0.39, 0.29) is 11.7 Å². The highest BCUT2D eigenvalue weighted by Gasteiger charge is 2.18. The van der Waals surface area contributed by atoms with Crippen LogP contribution in [0.25, 0.3) is 10.8 Å². The predicted octanol–water partition coefficient (Wildman–Crippen LogP) is 4.83. The first-order chi connectivity index (χ1) is 9.77. The van der Waals surface area contributed by atoms with Crippen LogP contribution < -0.4 is 0 Å². The predicted molar refractivity (Wildman–Crippen MR) is 83.1 cm³/mol. The molecule has 1 heteroatoms. The summed E-state index contributed by atoms with van der Waals surface area (Å²) in [7, 11) is 0. The van der Waals surface area contributed by atoms with Crippen molar-refractivity contribution in [2.45, 2.75) is 12.8 Å². The van der Waals surface area contributed by atoms with Crippen molar-refractivity contribution >= 4 is 16.6 Å². The van der Waals surface area contributed by atoms with E-state index >= 15 is 0 Å². The molecule has 0 spiro atoms. The van der Waals surface area contributed by atoms with Crippen LogP contribution in [0.15, 0.2) is 72.8 Å². The average molecular weight is 260 g/mol. The molecular formula is C19H16O. The lowest BCUT2D eigenvalue weighted by molar-refractivity contribution is 0.0966. The van der Waals surface area contributed by atoms with Gasteiger partial charge in [0.15, 0.2) is 5.78 Å². The van der Waals surface area contributed by atoms with Gasteiger partial charge in [-0.1, -0.05) is 79.7 Å². The van der Waals surface area contributed by atoms with E-state index in [0.717, 1.165) is 16.5 Å². The summed E-state index contributed by atoms with van der Waals surface area (Å²) in [6, 6.07) is 23.9. The van der Waals surface area contributed by atoms with Crippen LogP contribution in [0.3, 0.4) is 0 Å². The standard InChI is InChI=1S/C19H16O/c1-14(19(20)16-9-3-2-4-10-16)17-13-7-11-15-8-5-6-12-18(15)17/h2-14H,1H3. The van der Waals surface area contributed by atoms with Gasteiger partial charge in [-0.25, -0.2) is 0 Å². The summed E-state index contributed by atoms with van der Waals surface area (Å²) in [4.78, 5) is 12.6. The number of rotatable bonds is 3. The molecule has 1 nitrogen and oxygen atoms in total. The van der Waals surface area contributed by atoms with Gasteiger partial charge in [0, 0.05) is 11.5 Å². The summed E-state index contributed by atoms with van der Waals surface area (Å²) in [5.74, 6) is 0.0328. The van der Waals surface area contributed by atoms with E-state index < -0.39 is 0 Å². The lowest BCUT2D eigenvalue weighted by Gasteiger charge is -2.14. The van der Waals surface area contributed by atoms with Crippen molar-refractivity contribution < 1.29 is 4.79 Å². The molecule has 0 saturated heterocycles. The molecule has 0 radical (unpaired) electrons. The van der Waals surface area contributed by atoms with E-state index in [1.54, 1.807) is 0 Å². The van der Waals surface area contributed by atoms with Crippen LogP contribution in [0.2, 0.25) is 0 Å². The zero-order valence-corrected chi connectivity index (χ0v) is 11.4. The maximum Gasteiger partial charge on any atom is 0.170 e. The van der Waals surface area contributed by atoms with Gasteiger partial charge in [0.25, 0.3) is 0 Å². The fourth-order valence-electron chi connectivity index (χ4n) is 2.62. The summed E-state index contributed by atoms with van der Waals surface area (Å²) in [6.07, 6.45) is 0. The molecule has 0 aliphatic carbocycles. The third kappa shape index (κ3) is 2.23. The quantitative estimate of drug-likeness (QED) is 0.617. The molecule has 20 heavy (non-hydrogen) atoms. The fraction of sp³-hybridized carbons (Fsp3) is 0.105. The SMILES string of the molecule is CC(C(=O)c1ccccc1)c1cccc2ccccc12. The first kappa shape index (κ1) is 12.6. The lowest BCUT2D eigenvalue weighted by Crippen LogP contribution is -2.09. The largest absolute Gasteiger partial charge is 0.294 e. The van der Waals surface area contributed by atoms with Crippen molar-refractivity contribution in [3.63, 3.8) is 0 Å². The van der Waals surface area contributed by atoms with Crippen molar-refractivity contribution in [1.82, 2.24) is 0 Å². The molecular weight excluding hydrogens is 244 g/mol. The van der Waals surface area contributed by atoms with Gasteiger partial charge in [0.05, 0.1) is 0 Å². The summed E-state index contributed by atoms with van der Waals surface area (Å²) in [5.41, 5.74) is 1.87. The Bertz CT molecular complexity index is 739. The highest BCUT2D eigenvalue weighted by atomic mass is 16.1. The molecule has 0 N–H and O–H groups in total. The van der Waals surface area contributed by atoms with E-state index in [0.29, 0.717) is 0 Å². The van der Waals surface area contributed by atoms with Gasteiger partial charge < -0.3 is 0 Å². The number of Topliss-reactive ketones (excluding diaryl/α,β-unsaturated/α-hetero) is 1. The molecule has 3 aromatic carbocycles. The summed E-state index contributed by atoms with van der Waals surface area (Å²) >= 11 is 0. The molecule has 0 heterocycles. The van der Waals surface area contributed by atoms with Gasteiger partial charge in [-0.2, -0.15) is 0 Å². The maximum absolute atomic E-state index is 12.6. The average Bonchev–Trinajstić information content (AvgIpc) is 2.54. The van der Waals surface area contributed by atoms with E-state index in [1.165, 1.54) is 5.39 Å². The number of fused-ring (bicyclic) bond motifs is 1. The van der Waals surface area contributed by atoms with Crippen LogP contribution in [0.4, 0.5) is 0 Å². The molecule has 0 saturated carbocycles. The van der Waals surface area contributed by atoms with Gasteiger partial charge in [0.1, 0.15) is 0 Å². The van der Waals surface area contributed by atoms with E-state index in [9.17, 15) is 4.79 Å². The number of hydrogen-bond donors (Lipinski definition) is 0. The Kier molecular flexibility index (Phi) is 3.34. The number of carbonyl (C=O) groups excluding carboxylic acids is 1. The highest BCUT2D eigenvalue weighted by molar-refractivity contribution is 6.03. The minimum Gasteiger partial charge on any atom is -0.294 e. The second kappa shape index (κ2) is 5.30. The monoisotopic (exact) mass is 260 g/mol. The van der Waals surface area contributed by atoms with Crippen LogP contribution in [0.5, 0.6) is 0 Å². The van der Waals surface area contributed by atoms with E-state index in [1.807, 2.05) is 61.5 Å². The van der Waals surface area contributed by atoms with Gasteiger partial charge in [-0.15, -0.1) is 0 Å². The van der Waals surface area contributed by atoms with Crippen molar-refractivity contribution in [2.24, 2.45) is 0 Å². The second-order valence-electron chi connectivity index (χ2n) is 5.02. The topological polar surface area (TPSA) is 17.1 Å². The number of hydrogen-bond acceptors (Lipinski definition) is 1. The van der Waals surface area contributed by atoms with Crippen molar-refractivity contribution in [1.29, 1.82) is 0 Å². The van der Waals surface area contributed by atoms with Crippen LogP contribution in [0.1, 0.15) is 28.8 Å². The fourth-order valence-corrected chi connectivity index (χ4v) is 2.62. The minimum atomic E-state index is -0.136. The Labute approximate surface area is 118 Å². The summed E-state index contributed by atoms with van der Waals surface area (Å²) in [6.45, 7) is 1.98. The minimum absolute atomic E-state index is 0.136. The molecule has 1 unspecified atom stereocenters. The molecule has 0 bridgehead atoms. The van der Waals surface area contributed by atoms with Crippen molar-refractivity contribution in [2.75, 3.05) is 0 Å². The zero-order chi connectivity index (χ0) is 13.9. The molecule has 0 amide bonds. The first-order valence-electron chi connectivity index (χ1n) is 6.84. The molecule has 3 aromatic rings. The van der Waals surface area contributed by atoms with Gasteiger partial charge in [0.2, 0.25) is 0 Å². The van der Waals surface area contributed by atoms with Gasteiger partial charge >= 0.3 is 0 Å². The molecule has 0 aliphatic heterocycles. The number of benzene rings is 3. The van der Waals surface area contributed by atoms with Crippen LogP contribution in [-0.4, -0.2) is 5.78 Å². The van der Waals surface area contributed by atoms with E-state index in [2.05, 4.69) is 18.2 Å². The van der Waals surface area contributed by atoms with Crippen LogP contribution >= 0.6 is 0 Å². The maximum atomic E-state index is 12.6. The van der Waals surface area contributed by atoms with Crippen LogP contribution in [-0.2, 0) is 0 Å². The van der Waals surface area contributed by atoms with Gasteiger partial charge in [-0.05, 0) is 16.3 Å². The Balaban J connectivity index is 2.05. The zero-order valence-electron chi connectivity index (χ0n) is 11.4. The Hall–Kier alpha value is -2.41. The summed E-state index contributed by atoms with van der Waals surface area (Å²) in [5, 5.41) is 2.34. The van der Waals surface area contributed by atoms with Crippen LogP contribution in [0, 0.1) is 0 Å². The smallest absolute Gasteiger partial charge is 0.170 e. The molecule has 0 fully saturated rings. The molecule has 98 valence electrons.